The maximum Gasteiger partial charge on any atom is 0.264 e. The summed E-state index contributed by atoms with van der Waals surface area (Å²) in [5, 5.41) is 10.8. The summed E-state index contributed by atoms with van der Waals surface area (Å²) in [6, 6.07) is 17.1. The lowest BCUT2D eigenvalue weighted by atomic mass is 9.74. The molecule has 1 fully saturated rings. The molecule has 1 aliphatic heterocycles. The van der Waals surface area contributed by atoms with Crippen molar-refractivity contribution >= 4 is 18.4 Å². The fraction of sp³-hybridized carbons (Fsp3) is 0.292. The van der Waals surface area contributed by atoms with Gasteiger partial charge in [0.25, 0.3) is 5.56 Å². The monoisotopic (exact) mass is 451 g/mol. The Balaban J connectivity index is 1.67. The van der Waals surface area contributed by atoms with E-state index in [2.05, 4.69) is 22.1 Å². The molecule has 0 saturated carbocycles. The highest BCUT2D eigenvalue weighted by atomic mass is 32.1. The van der Waals surface area contributed by atoms with Crippen LogP contribution in [0.1, 0.15) is 24.0 Å². The molecule has 0 amide bonds. The van der Waals surface area contributed by atoms with Gasteiger partial charge in [-0.05, 0) is 54.9 Å². The van der Waals surface area contributed by atoms with Crippen LogP contribution in [0.15, 0.2) is 64.4 Å². The van der Waals surface area contributed by atoms with E-state index in [9.17, 15) is 9.90 Å². The molecule has 0 spiro atoms. The molecule has 0 bridgehead atoms. The first-order valence-electron chi connectivity index (χ1n) is 10.4. The van der Waals surface area contributed by atoms with E-state index in [4.69, 9.17) is 21.7 Å². The van der Waals surface area contributed by atoms with Crippen LogP contribution in [0, 0.1) is 4.77 Å². The number of rotatable bonds is 6. The summed E-state index contributed by atoms with van der Waals surface area (Å²) in [5.41, 5.74) is 1.18. The number of aliphatic imine (C=N–C) groups is 1. The molecule has 32 heavy (non-hydrogen) atoms. The Bertz CT molecular complexity index is 1210. The highest BCUT2D eigenvalue weighted by molar-refractivity contribution is 7.71. The molecule has 1 aromatic heterocycles. The number of nitrogens with zero attached hydrogens (tertiary/aromatic N) is 2. The maximum absolute atomic E-state index is 12.5. The smallest absolute Gasteiger partial charge is 0.264 e. The Morgan fingerprint density at radius 3 is 2.53 bits per heavy atom. The Kier molecular flexibility index (Phi) is 6.53. The molecule has 2 N–H and O–H groups in total. The molecule has 1 saturated heterocycles. The van der Waals surface area contributed by atoms with Crippen LogP contribution in [0.4, 0.5) is 0 Å². The fourth-order valence-corrected chi connectivity index (χ4v) is 4.31. The molecule has 0 unspecified atom stereocenters. The van der Waals surface area contributed by atoms with E-state index in [1.165, 1.54) is 10.8 Å². The zero-order valence-corrected chi connectivity index (χ0v) is 18.6. The zero-order valence-electron chi connectivity index (χ0n) is 17.8. The van der Waals surface area contributed by atoms with E-state index in [-0.39, 0.29) is 21.6 Å². The Labute approximate surface area is 191 Å². The van der Waals surface area contributed by atoms with Gasteiger partial charge in [0.15, 0.2) is 4.77 Å². The van der Waals surface area contributed by atoms with Gasteiger partial charge in [-0.25, -0.2) is 0 Å². The number of nitrogens with one attached hydrogen (secondary N) is 1. The maximum atomic E-state index is 12.5. The van der Waals surface area contributed by atoms with E-state index >= 15 is 0 Å². The highest BCUT2D eigenvalue weighted by Gasteiger charge is 2.34. The van der Waals surface area contributed by atoms with Crippen molar-refractivity contribution in [3.63, 3.8) is 0 Å². The molecule has 4 rings (SSSR count). The first-order valence-corrected chi connectivity index (χ1v) is 10.8. The van der Waals surface area contributed by atoms with E-state index in [1.54, 1.807) is 19.2 Å². The predicted molar refractivity (Wildman–Crippen MR) is 126 cm³/mol. The van der Waals surface area contributed by atoms with Gasteiger partial charge in [-0.3, -0.25) is 19.3 Å². The third-order valence-corrected chi connectivity index (χ3v) is 6.19. The van der Waals surface area contributed by atoms with Gasteiger partial charge in [0.1, 0.15) is 11.3 Å². The number of aromatic hydroxyl groups is 1. The van der Waals surface area contributed by atoms with Gasteiger partial charge in [0, 0.05) is 31.4 Å². The van der Waals surface area contributed by atoms with Crippen LogP contribution in [0.25, 0.3) is 5.69 Å². The summed E-state index contributed by atoms with van der Waals surface area (Å²) in [6.07, 6.45) is 3.06. The number of para-hydroxylation sites is 1. The number of aromatic nitrogens is 2. The van der Waals surface area contributed by atoms with Gasteiger partial charge in [-0.15, -0.1) is 0 Å². The van der Waals surface area contributed by atoms with Crippen LogP contribution in [-0.2, 0) is 10.2 Å². The lowest BCUT2D eigenvalue weighted by Crippen LogP contribution is -2.36. The molecule has 2 aromatic carbocycles. The Morgan fingerprint density at radius 1 is 1.19 bits per heavy atom. The van der Waals surface area contributed by atoms with E-state index in [0.717, 1.165) is 24.2 Å². The largest absolute Gasteiger partial charge is 0.497 e. The predicted octanol–water partition coefficient (Wildman–Crippen LogP) is 3.78. The molecule has 8 heteroatoms. The van der Waals surface area contributed by atoms with Crippen LogP contribution in [-0.4, -0.2) is 47.7 Å². The van der Waals surface area contributed by atoms with Crippen LogP contribution < -0.4 is 10.3 Å². The summed E-state index contributed by atoms with van der Waals surface area (Å²) in [7, 11) is 1.64. The van der Waals surface area contributed by atoms with E-state index in [1.807, 2.05) is 30.3 Å². The number of aromatic amines is 1. The van der Waals surface area contributed by atoms with Crippen molar-refractivity contribution in [1.29, 1.82) is 0 Å². The summed E-state index contributed by atoms with van der Waals surface area (Å²) in [4.78, 5) is 19.8. The Hall–Kier alpha value is -3.23. The summed E-state index contributed by atoms with van der Waals surface area (Å²) in [6.45, 7) is 1.75. The second-order valence-corrected chi connectivity index (χ2v) is 8.15. The van der Waals surface area contributed by atoms with Gasteiger partial charge in [-0.2, -0.15) is 0 Å². The van der Waals surface area contributed by atoms with E-state index < -0.39 is 5.56 Å². The van der Waals surface area contributed by atoms with Crippen molar-refractivity contribution in [1.82, 2.24) is 9.55 Å². The van der Waals surface area contributed by atoms with Gasteiger partial charge < -0.3 is 14.6 Å². The van der Waals surface area contributed by atoms with Crippen molar-refractivity contribution in [2.45, 2.75) is 18.3 Å². The highest BCUT2D eigenvalue weighted by Crippen LogP contribution is 2.36. The molecule has 0 aliphatic carbocycles. The first-order chi connectivity index (χ1) is 15.5. The molecule has 7 nitrogen and oxygen atoms in total. The summed E-state index contributed by atoms with van der Waals surface area (Å²) in [5.74, 6) is 0.560. The van der Waals surface area contributed by atoms with Crippen molar-refractivity contribution in [3.8, 4) is 17.3 Å². The van der Waals surface area contributed by atoms with Crippen molar-refractivity contribution in [3.05, 3.63) is 80.8 Å². The van der Waals surface area contributed by atoms with Crippen molar-refractivity contribution in [2.75, 3.05) is 26.9 Å². The lowest BCUT2D eigenvalue weighted by Gasteiger charge is -2.36. The van der Waals surface area contributed by atoms with Gasteiger partial charge >= 0.3 is 0 Å². The molecule has 166 valence electrons. The van der Waals surface area contributed by atoms with Gasteiger partial charge in [0.05, 0.1) is 12.8 Å². The van der Waals surface area contributed by atoms with Crippen LogP contribution in [0.2, 0.25) is 0 Å². The minimum Gasteiger partial charge on any atom is -0.497 e. The average molecular weight is 452 g/mol. The van der Waals surface area contributed by atoms with Crippen LogP contribution in [0.3, 0.4) is 0 Å². The third kappa shape index (κ3) is 4.37. The first kappa shape index (κ1) is 22.0. The number of H-pyrrole nitrogens is 1. The number of methoxy groups -OCH3 is 1. The molecule has 1 aliphatic rings. The van der Waals surface area contributed by atoms with Crippen molar-refractivity contribution < 1.29 is 14.6 Å². The quantitative estimate of drug-likeness (QED) is 0.440. The van der Waals surface area contributed by atoms with Crippen LogP contribution in [0.5, 0.6) is 11.6 Å². The van der Waals surface area contributed by atoms with Crippen molar-refractivity contribution in [2.24, 2.45) is 4.99 Å². The summed E-state index contributed by atoms with van der Waals surface area (Å²) >= 11 is 5.26. The fourth-order valence-electron chi connectivity index (χ4n) is 4.03. The minimum absolute atomic E-state index is 0.0689. The summed E-state index contributed by atoms with van der Waals surface area (Å²) < 4.78 is 12.4. The van der Waals surface area contributed by atoms with Crippen LogP contribution >= 0.6 is 12.2 Å². The minimum atomic E-state index is -0.478. The molecule has 3 aromatic rings. The Morgan fingerprint density at radius 2 is 1.88 bits per heavy atom. The number of ether oxygens (including phenoxy) is 2. The molecule has 2 heterocycles. The second kappa shape index (κ2) is 9.50. The average Bonchev–Trinajstić information content (AvgIpc) is 2.82. The molecule has 0 atom stereocenters. The SMILES string of the molecule is COc1ccc(C2(CN=Cc3c(O)n(-c4ccccc4)c(=S)[nH]c3=O)CCOCC2)cc1. The number of benzene rings is 2. The van der Waals surface area contributed by atoms with Gasteiger partial charge in [0.2, 0.25) is 5.88 Å². The molecular formula is C24H25N3O4S. The topological polar surface area (TPSA) is 88.8 Å². The second-order valence-electron chi connectivity index (χ2n) is 7.76. The lowest BCUT2D eigenvalue weighted by molar-refractivity contribution is 0.0532. The molecule has 0 radical (unpaired) electrons. The van der Waals surface area contributed by atoms with E-state index in [0.29, 0.717) is 25.4 Å². The number of hydrogen-bond acceptors (Lipinski definition) is 6. The van der Waals surface area contributed by atoms with Gasteiger partial charge in [-0.1, -0.05) is 30.3 Å². The normalized spacial score (nSPS) is 15.7. The molecular weight excluding hydrogens is 426 g/mol. The third-order valence-electron chi connectivity index (χ3n) is 5.90. The standard InChI is InChI=1S/C24H25N3O4S/c1-30-19-9-7-17(8-10-19)24(11-13-31-14-12-24)16-25-15-20-21(28)26-23(32)27(22(20)29)18-5-3-2-4-6-18/h2-10,15,29H,11-14,16H2,1H3,(H,26,28,32). The number of hydrogen-bond donors (Lipinski definition) is 2. The zero-order chi connectivity index (χ0) is 22.6.